The second kappa shape index (κ2) is 3.78. The van der Waals surface area contributed by atoms with Gasteiger partial charge in [-0.3, -0.25) is 4.79 Å². The van der Waals surface area contributed by atoms with E-state index in [9.17, 15) is 4.79 Å². The van der Waals surface area contributed by atoms with Crippen LogP contribution in [0.5, 0.6) is 0 Å². The number of primary amides is 1. The molecule has 2 N–H and O–H groups in total. The summed E-state index contributed by atoms with van der Waals surface area (Å²) < 4.78 is 4.88. The Bertz CT molecular complexity index is 129. The highest BCUT2D eigenvalue weighted by Crippen LogP contribution is 2.13. The van der Waals surface area contributed by atoms with Gasteiger partial charge in [0.1, 0.15) is 5.60 Å². The minimum Gasteiger partial charge on any atom is -0.369 e. The molecule has 0 fully saturated rings. The Hall–Kier alpha value is -0.280. The molecule has 1 atom stereocenters. The van der Waals surface area contributed by atoms with Crippen molar-refractivity contribution in [2.24, 2.45) is 5.73 Å². The average Bonchev–Trinajstić information content (AvgIpc) is 1.88. The van der Waals surface area contributed by atoms with Crippen LogP contribution in [0.1, 0.15) is 13.3 Å². The molecular weight excluding hydrogens is 154 g/mol. The number of rotatable bonds is 4. The normalized spacial score (nSPS) is 16.3. The molecule has 1 amide bonds. The molecule has 0 aliphatic rings. The summed E-state index contributed by atoms with van der Waals surface area (Å²) in [5, 5.41) is 0. The second-order valence-corrected chi connectivity index (χ2v) is 2.62. The number of hydrogen-bond acceptors (Lipinski definition) is 2. The van der Waals surface area contributed by atoms with Crippen molar-refractivity contribution in [3.05, 3.63) is 0 Å². The van der Waals surface area contributed by atoms with Crippen LogP contribution in [-0.4, -0.2) is 24.5 Å². The van der Waals surface area contributed by atoms with Gasteiger partial charge in [-0.1, -0.05) is 0 Å². The first-order valence-corrected chi connectivity index (χ1v) is 3.51. The molecular formula is C6H12ClNO2. The number of amides is 1. The smallest absolute Gasteiger partial charge is 0.249 e. The number of carbonyl (C=O) groups is 1. The van der Waals surface area contributed by atoms with E-state index in [4.69, 9.17) is 22.1 Å². The van der Waals surface area contributed by atoms with Crippen LogP contribution < -0.4 is 5.73 Å². The zero-order valence-electron chi connectivity index (χ0n) is 6.19. The minimum absolute atomic E-state index is 0.368. The van der Waals surface area contributed by atoms with Gasteiger partial charge in [0.2, 0.25) is 5.91 Å². The predicted molar refractivity (Wildman–Crippen MR) is 39.9 cm³/mol. The number of carbonyl (C=O) groups excluding carboxylic acids is 1. The molecule has 0 rings (SSSR count). The molecule has 0 aliphatic carbocycles. The highest BCUT2D eigenvalue weighted by atomic mass is 35.5. The van der Waals surface area contributed by atoms with Crippen LogP contribution in [0, 0.1) is 0 Å². The Morgan fingerprint density at radius 1 is 1.80 bits per heavy atom. The SMILES string of the molecule is COC(C)(CCCl)C(N)=O. The zero-order chi connectivity index (χ0) is 8.20. The Morgan fingerprint density at radius 2 is 2.30 bits per heavy atom. The van der Waals surface area contributed by atoms with Crippen LogP contribution in [0.15, 0.2) is 0 Å². The summed E-state index contributed by atoms with van der Waals surface area (Å²) in [5.41, 5.74) is 4.14. The van der Waals surface area contributed by atoms with Crippen LogP contribution >= 0.6 is 11.6 Å². The fraction of sp³-hybridized carbons (Fsp3) is 0.833. The van der Waals surface area contributed by atoms with Crippen molar-refractivity contribution in [1.29, 1.82) is 0 Å². The Balaban J connectivity index is 4.08. The molecule has 4 heteroatoms. The lowest BCUT2D eigenvalue weighted by Crippen LogP contribution is -2.43. The number of halogens is 1. The first-order chi connectivity index (χ1) is 4.56. The summed E-state index contributed by atoms with van der Waals surface area (Å²) >= 11 is 5.42. The van der Waals surface area contributed by atoms with E-state index in [1.807, 2.05) is 0 Å². The maximum absolute atomic E-state index is 10.7. The summed E-state index contributed by atoms with van der Waals surface area (Å²) in [7, 11) is 1.44. The predicted octanol–water partition coefficient (Wildman–Crippen LogP) is 0.506. The Kier molecular flexibility index (Phi) is 3.68. The molecule has 0 bridgehead atoms. The highest BCUT2D eigenvalue weighted by molar-refractivity contribution is 6.18. The fourth-order valence-electron chi connectivity index (χ4n) is 0.506. The van der Waals surface area contributed by atoms with E-state index >= 15 is 0 Å². The number of alkyl halides is 1. The third-order valence-electron chi connectivity index (χ3n) is 1.54. The van der Waals surface area contributed by atoms with Gasteiger partial charge in [-0.2, -0.15) is 0 Å². The monoisotopic (exact) mass is 165 g/mol. The van der Waals surface area contributed by atoms with Crippen LogP contribution in [0.3, 0.4) is 0 Å². The maximum atomic E-state index is 10.7. The molecule has 10 heavy (non-hydrogen) atoms. The lowest BCUT2D eigenvalue weighted by Gasteiger charge is -2.22. The molecule has 1 unspecified atom stereocenters. The van der Waals surface area contributed by atoms with E-state index in [2.05, 4.69) is 0 Å². The number of nitrogens with two attached hydrogens (primary N) is 1. The van der Waals surface area contributed by atoms with Gasteiger partial charge in [-0.25, -0.2) is 0 Å². The lowest BCUT2D eigenvalue weighted by molar-refractivity contribution is -0.138. The zero-order valence-corrected chi connectivity index (χ0v) is 6.94. The quantitative estimate of drug-likeness (QED) is 0.617. The molecule has 0 spiro atoms. The van der Waals surface area contributed by atoms with Crippen molar-refractivity contribution >= 4 is 17.5 Å². The van der Waals surface area contributed by atoms with Gasteiger partial charge in [-0.15, -0.1) is 11.6 Å². The fourth-order valence-corrected chi connectivity index (χ4v) is 0.867. The van der Waals surface area contributed by atoms with Crippen molar-refractivity contribution in [1.82, 2.24) is 0 Å². The summed E-state index contributed by atoms with van der Waals surface area (Å²) in [6.45, 7) is 1.62. The highest BCUT2D eigenvalue weighted by Gasteiger charge is 2.29. The van der Waals surface area contributed by atoms with E-state index < -0.39 is 11.5 Å². The largest absolute Gasteiger partial charge is 0.369 e. The topological polar surface area (TPSA) is 52.3 Å². The molecule has 0 heterocycles. The van der Waals surface area contributed by atoms with Crippen molar-refractivity contribution < 1.29 is 9.53 Å². The van der Waals surface area contributed by atoms with Gasteiger partial charge < -0.3 is 10.5 Å². The number of methoxy groups -OCH3 is 1. The molecule has 0 saturated heterocycles. The van der Waals surface area contributed by atoms with Crippen molar-refractivity contribution in [3.8, 4) is 0 Å². The van der Waals surface area contributed by atoms with Crippen molar-refractivity contribution in [2.75, 3.05) is 13.0 Å². The molecule has 0 saturated carbocycles. The van der Waals surface area contributed by atoms with Crippen LogP contribution in [-0.2, 0) is 9.53 Å². The van der Waals surface area contributed by atoms with Gasteiger partial charge >= 0.3 is 0 Å². The summed E-state index contributed by atoms with van der Waals surface area (Å²) in [5.74, 6) is -0.108. The van der Waals surface area contributed by atoms with E-state index in [1.54, 1.807) is 6.92 Å². The van der Waals surface area contributed by atoms with Crippen molar-refractivity contribution in [2.45, 2.75) is 18.9 Å². The van der Waals surface area contributed by atoms with Crippen LogP contribution in [0.2, 0.25) is 0 Å². The average molecular weight is 166 g/mol. The number of ether oxygens (including phenoxy) is 1. The first kappa shape index (κ1) is 9.72. The summed E-state index contributed by atoms with van der Waals surface area (Å²) in [6.07, 6.45) is 0.445. The molecule has 0 radical (unpaired) electrons. The Morgan fingerprint density at radius 3 is 2.40 bits per heavy atom. The third kappa shape index (κ3) is 2.15. The third-order valence-corrected chi connectivity index (χ3v) is 1.73. The van der Waals surface area contributed by atoms with Crippen LogP contribution in [0.4, 0.5) is 0 Å². The molecule has 60 valence electrons. The lowest BCUT2D eigenvalue weighted by atomic mass is 10.0. The number of hydrogen-bond donors (Lipinski definition) is 1. The standard InChI is InChI=1S/C6H12ClNO2/c1-6(10-2,3-4-7)5(8)9/h3-4H2,1-2H3,(H2,8,9). The molecule has 0 aromatic rings. The molecule has 0 aromatic carbocycles. The van der Waals surface area contributed by atoms with Gasteiger partial charge in [-0.05, 0) is 13.3 Å². The summed E-state index contributed by atoms with van der Waals surface area (Å²) in [4.78, 5) is 10.7. The van der Waals surface area contributed by atoms with Crippen LogP contribution in [0.25, 0.3) is 0 Å². The molecule has 3 nitrogen and oxygen atoms in total. The van der Waals surface area contributed by atoms with E-state index in [0.29, 0.717) is 12.3 Å². The molecule has 0 aromatic heterocycles. The Labute approximate surface area is 65.5 Å². The maximum Gasteiger partial charge on any atom is 0.249 e. The van der Waals surface area contributed by atoms with Gasteiger partial charge in [0.15, 0.2) is 0 Å². The minimum atomic E-state index is -0.901. The summed E-state index contributed by atoms with van der Waals surface area (Å²) in [6, 6.07) is 0. The van der Waals surface area contributed by atoms with E-state index in [-0.39, 0.29) is 0 Å². The van der Waals surface area contributed by atoms with E-state index in [0.717, 1.165) is 0 Å². The second-order valence-electron chi connectivity index (χ2n) is 2.24. The van der Waals surface area contributed by atoms with Gasteiger partial charge in [0.05, 0.1) is 0 Å². The van der Waals surface area contributed by atoms with Gasteiger partial charge in [0, 0.05) is 13.0 Å². The van der Waals surface area contributed by atoms with Crippen molar-refractivity contribution in [3.63, 3.8) is 0 Å². The van der Waals surface area contributed by atoms with E-state index in [1.165, 1.54) is 7.11 Å². The first-order valence-electron chi connectivity index (χ1n) is 2.98. The molecule has 0 aliphatic heterocycles. The van der Waals surface area contributed by atoms with Gasteiger partial charge in [0.25, 0.3) is 0 Å².